The third-order valence-corrected chi connectivity index (χ3v) is 9.96. The van der Waals surface area contributed by atoms with E-state index in [1.54, 1.807) is 10.4 Å². The molecule has 0 atom stereocenters. The monoisotopic (exact) mass is 478 g/mol. The van der Waals surface area contributed by atoms with Crippen molar-refractivity contribution < 1.29 is 13.2 Å². The van der Waals surface area contributed by atoms with Gasteiger partial charge in [-0.25, -0.2) is 13.4 Å². The van der Waals surface area contributed by atoms with E-state index in [1.807, 2.05) is 30.4 Å². The Balaban J connectivity index is 1.65. The third kappa shape index (κ3) is 4.52. The van der Waals surface area contributed by atoms with Gasteiger partial charge in [0.1, 0.15) is 14.8 Å². The summed E-state index contributed by atoms with van der Waals surface area (Å²) in [6.45, 7) is 6.47. The molecule has 4 rings (SSSR count). The summed E-state index contributed by atoms with van der Waals surface area (Å²) in [6.07, 6.45) is 8.42. The number of aryl methyl sites for hydroxylation is 1. The lowest BCUT2D eigenvalue weighted by Crippen LogP contribution is -2.32. The van der Waals surface area contributed by atoms with E-state index >= 15 is 0 Å². The molecule has 0 spiro atoms. The molecule has 2 aromatic rings. The standard InChI is InChI=1S/C23H34N4O3S2/c1-17-21(23(28)26-12-8-4-5-9-13-26)31-22(24-17)19-16-20(18(2)25(19)3)32(29,30)27-14-10-6-7-11-15-27/h16H,4-15H2,1-3H3. The van der Waals surface area contributed by atoms with Gasteiger partial charge in [0, 0.05) is 38.9 Å². The number of carbonyl (C=O) groups excluding carboxylic acids is 1. The number of amides is 1. The first-order valence-corrected chi connectivity index (χ1v) is 14.0. The van der Waals surface area contributed by atoms with Crippen LogP contribution in [0, 0.1) is 13.8 Å². The van der Waals surface area contributed by atoms with Crippen molar-refractivity contribution >= 4 is 27.3 Å². The topological polar surface area (TPSA) is 75.5 Å². The molecule has 4 heterocycles. The van der Waals surface area contributed by atoms with Crippen molar-refractivity contribution in [1.82, 2.24) is 18.8 Å². The van der Waals surface area contributed by atoms with E-state index < -0.39 is 10.0 Å². The molecular weight excluding hydrogens is 444 g/mol. The van der Waals surface area contributed by atoms with E-state index in [2.05, 4.69) is 4.98 Å². The number of hydrogen-bond donors (Lipinski definition) is 0. The molecule has 0 bridgehead atoms. The van der Waals surface area contributed by atoms with Gasteiger partial charge in [-0.05, 0) is 45.6 Å². The summed E-state index contributed by atoms with van der Waals surface area (Å²) in [4.78, 5) is 20.8. The second-order valence-corrected chi connectivity index (χ2v) is 11.9. The number of sulfonamides is 1. The zero-order chi connectivity index (χ0) is 22.9. The second-order valence-electron chi connectivity index (χ2n) is 9.00. The van der Waals surface area contributed by atoms with Gasteiger partial charge in [0.2, 0.25) is 10.0 Å². The highest BCUT2D eigenvalue weighted by Gasteiger charge is 2.31. The molecule has 2 aliphatic heterocycles. The number of nitrogens with zero attached hydrogens (tertiary/aromatic N) is 4. The lowest BCUT2D eigenvalue weighted by Gasteiger charge is -2.19. The van der Waals surface area contributed by atoms with Crippen LogP contribution in [0.5, 0.6) is 0 Å². The van der Waals surface area contributed by atoms with Crippen molar-refractivity contribution in [3.8, 4) is 10.7 Å². The van der Waals surface area contributed by atoms with Gasteiger partial charge in [-0.2, -0.15) is 4.31 Å². The summed E-state index contributed by atoms with van der Waals surface area (Å²) in [5.74, 6) is 0.0523. The fourth-order valence-corrected chi connectivity index (χ4v) is 7.55. The van der Waals surface area contributed by atoms with Crippen LogP contribution in [0.4, 0.5) is 0 Å². The van der Waals surface area contributed by atoms with Crippen LogP contribution in [0.15, 0.2) is 11.0 Å². The Labute approximate surface area is 195 Å². The Morgan fingerprint density at radius 2 is 1.50 bits per heavy atom. The van der Waals surface area contributed by atoms with Gasteiger partial charge in [-0.1, -0.05) is 25.7 Å². The summed E-state index contributed by atoms with van der Waals surface area (Å²) in [5, 5.41) is 0.698. The average molecular weight is 479 g/mol. The van der Waals surface area contributed by atoms with Crippen molar-refractivity contribution in [3.05, 3.63) is 22.3 Å². The number of aromatic nitrogens is 2. The van der Waals surface area contributed by atoms with Crippen molar-refractivity contribution in [1.29, 1.82) is 0 Å². The minimum atomic E-state index is -3.55. The summed E-state index contributed by atoms with van der Waals surface area (Å²) in [5.41, 5.74) is 2.17. The van der Waals surface area contributed by atoms with E-state index in [-0.39, 0.29) is 5.91 Å². The Bertz CT molecular complexity index is 1070. The van der Waals surface area contributed by atoms with Crippen LogP contribution in [0.3, 0.4) is 0 Å². The minimum absolute atomic E-state index is 0.0523. The van der Waals surface area contributed by atoms with E-state index in [0.717, 1.165) is 63.0 Å². The van der Waals surface area contributed by atoms with Gasteiger partial charge in [-0.3, -0.25) is 4.79 Å². The van der Waals surface area contributed by atoms with Crippen LogP contribution in [-0.2, 0) is 17.1 Å². The maximum atomic E-state index is 13.4. The number of carbonyl (C=O) groups is 1. The zero-order valence-corrected chi connectivity index (χ0v) is 21.0. The van der Waals surface area contributed by atoms with Crippen LogP contribution in [-0.4, -0.2) is 59.3 Å². The van der Waals surface area contributed by atoms with Crippen LogP contribution in [0.1, 0.15) is 72.4 Å². The Hall–Kier alpha value is -1.71. The van der Waals surface area contributed by atoms with Crippen molar-refractivity contribution in [2.75, 3.05) is 26.2 Å². The van der Waals surface area contributed by atoms with Crippen molar-refractivity contribution in [2.24, 2.45) is 7.05 Å². The number of hydrogen-bond acceptors (Lipinski definition) is 5. The van der Waals surface area contributed by atoms with Gasteiger partial charge >= 0.3 is 0 Å². The summed E-state index contributed by atoms with van der Waals surface area (Å²) in [6, 6.07) is 1.74. The van der Waals surface area contributed by atoms with Crippen LogP contribution in [0.25, 0.3) is 10.7 Å². The average Bonchev–Trinajstić information content (AvgIpc) is 3.07. The molecule has 9 heteroatoms. The highest BCUT2D eigenvalue weighted by atomic mass is 32.2. The number of thiazole rings is 1. The smallest absolute Gasteiger partial charge is 0.265 e. The molecule has 32 heavy (non-hydrogen) atoms. The largest absolute Gasteiger partial charge is 0.345 e. The molecular formula is C23H34N4O3S2. The van der Waals surface area contributed by atoms with E-state index in [0.29, 0.717) is 33.6 Å². The number of rotatable bonds is 4. The SMILES string of the molecule is Cc1nc(-c2cc(S(=O)(=O)N3CCCCCC3)c(C)n2C)sc1C(=O)N1CCCCCC1. The molecule has 176 valence electrons. The van der Waals surface area contributed by atoms with Crippen molar-refractivity contribution in [2.45, 2.75) is 70.1 Å². The molecule has 0 radical (unpaired) electrons. The fraction of sp³-hybridized carbons (Fsp3) is 0.652. The van der Waals surface area contributed by atoms with Crippen LogP contribution in [0.2, 0.25) is 0 Å². The quantitative estimate of drug-likeness (QED) is 0.655. The number of likely N-dealkylation sites (tertiary alicyclic amines) is 1. The molecule has 0 saturated carbocycles. The van der Waals surface area contributed by atoms with E-state index in [1.165, 1.54) is 24.2 Å². The summed E-state index contributed by atoms with van der Waals surface area (Å²) < 4.78 is 30.3. The Morgan fingerprint density at radius 3 is 2.09 bits per heavy atom. The lowest BCUT2D eigenvalue weighted by molar-refractivity contribution is 0.0765. The zero-order valence-electron chi connectivity index (χ0n) is 19.4. The highest BCUT2D eigenvalue weighted by Crippen LogP contribution is 2.34. The summed E-state index contributed by atoms with van der Waals surface area (Å²) >= 11 is 1.38. The van der Waals surface area contributed by atoms with Gasteiger partial charge in [0.05, 0.1) is 11.4 Å². The van der Waals surface area contributed by atoms with Gasteiger partial charge < -0.3 is 9.47 Å². The molecule has 0 N–H and O–H groups in total. The minimum Gasteiger partial charge on any atom is -0.345 e. The maximum Gasteiger partial charge on any atom is 0.265 e. The molecule has 2 fully saturated rings. The van der Waals surface area contributed by atoms with Crippen molar-refractivity contribution in [3.63, 3.8) is 0 Å². The molecule has 0 unspecified atom stereocenters. The third-order valence-electron chi connectivity index (χ3n) is 6.77. The fourth-order valence-electron chi connectivity index (χ4n) is 4.68. The molecule has 2 aromatic heterocycles. The molecule has 2 saturated heterocycles. The summed E-state index contributed by atoms with van der Waals surface area (Å²) in [7, 11) is -1.68. The van der Waals surface area contributed by atoms with Crippen LogP contribution >= 0.6 is 11.3 Å². The molecule has 0 aromatic carbocycles. The van der Waals surface area contributed by atoms with Gasteiger partial charge in [0.25, 0.3) is 5.91 Å². The molecule has 1 amide bonds. The Kier molecular flexibility index (Phi) is 7.07. The molecule has 0 aliphatic carbocycles. The maximum absolute atomic E-state index is 13.4. The second kappa shape index (κ2) is 9.65. The predicted octanol–water partition coefficient (Wildman–Crippen LogP) is 4.35. The lowest BCUT2D eigenvalue weighted by atomic mass is 10.2. The van der Waals surface area contributed by atoms with E-state index in [9.17, 15) is 13.2 Å². The Morgan fingerprint density at radius 1 is 0.938 bits per heavy atom. The first-order chi connectivity index (χ1) is 15.3. The normalized spacial score (nSPS) is 19.0. The first kappa shape index (κ1) is 23.4. The predicted molar refractivity (Wildman–Crippen MR) is 128 cm³/mol. The van der Waals surface area contributed by atoms with Gasteiger partial charge in [0.15, 0.2) is 0 Å². The van der Waals surface area contributed by atoms with Crippen LogP contribution < -0.4 is 0 Å². The molecule has 7 nitrogen and oxygen atoms in total. The molecule has 2 aliphatic rings. The highest BCUT2D eigenvalue weighted by molar-refractivity contribution is 7.89. The van der Waals surface area contributed by atoms with E-state index in [4.69, 9.17) is 0 Å². The first-order valence-electron chi connectivity index (χ1n) is 11.7. The van der Waals surface area contributed by atoms with Gasteiger partial charge in [-0.15, -0.1) is 11.3 Å².